The van der Waals surface area contributed by atoms with E-state index in [-0.39, 0.29) is 5.92 Å². The highest BCUT2D eigenvalue weighted by atomic mass is 16.5. The van der Waals surface area contributed by atoms with Gasteiger partial charge in [-0.05, 0) is 12.3 Å². The standard InChI is InChI=1S/C13H22N4O4/c1-9(2)6-11(12(18)19)16-13(20)15-10-7-14-17(8-10)4-5-21-3/h7-9,11H,4-6H2,1-3H3,(H,18,19)(H2,15,16,20)/t11-/m0/s1. The molecule has 1 aromatic heterocycles. The number of amides is 2. The Bertz CT molecular complexity index is 472. The number of methoxy groups -OCH3 is 1. The fraction of sp³-hybridized carbons (Fsp3) is 0.615. The predicted octanol–water partition coefficient (Wildman–Crippen LogP) is 1.15. The molecule has 2 amide bonds. The van der Waals surface area contributed by atoms with Crippen LogP contribution in [0.25, 0.3) is 0 Å². The normalized spacial score (nSPS) is 12.2. The minimum absolute atomic E-state index is 0.170. The van der Waals surface area contributed by atoms with Crippen molar-refractivity contribution < 1.29 is 19.4 Å². The number of rotatable bonds is 8. The Morgan fingerprint density at radius 3 is 2.76 bits per heavy atom. The highest BCUT2D eigenvalue weighted by Crippen LogP contribution is 2.07. The van der Waals surface area contributed by atoms with Crippen molar-refractivity contribution in [3.8, 4) is 0 Å². The summed E-state index contributed by atoms with van der Waals surface area (Å²) in [5.74, 6) is -0.877. The lowest BCUT2D eigenvalue weighted by molar-refractivity contribution is -0.139. The number of nitrogens with zero attached hydrogens (tertiary/aromatic N) is 2. The Kier molecular flexibility index (Phi) is 6.67. The number of nitrogens with one attached hydrogen (secondary N) is 2. The van der Waals surface area contributed by atoms with Crippen molar-refractivity contribution in [2.75, 3.05) is 19.0 Å². The van der Waals surface area contributed by atoms with Crippen LogP contribution in [0.3, 0.4) is 0 Å². The van der Waals surface area contributed by atoms with Gasteiger partial charge in [0.2, 0.25) is 0 Å². The average molecular weight is 298 g/mol. The van der Waals surface area contributed by atoms with Crippen molar-refractivity contribution in [3.05, 3.63) is 12.4 Å². The summed E-state index contributed by atoms with van der Waals surface area (Å²) in [6.45, 7) is 4.89. The Balaban J connectivity index is 2.51. The SMILES string of the molecule is COCCn1cc(NC(=O)N[C@@H](CC(C)C)C(=O)O)cn1. The summed E-state index contributed by atoms with van der Waals surface area (Å²) < 4.78 is 6.55. The maximum Gasteiger partial charge on any atom is 0.326 e. The zero-order valence-electron chi connectivity index (χ0n) is 12.5. The summed E-state index contributed by atoms with van der Waals surface area (Å²) in [7, 11) is 1.59. The zero-order valence-corrected chi connectivity index (χ0v) is 12.5. The molecular formula is C13H22N4O4. The fourth-order valence-electron chi connectivity index (χ4n) is 1.75. The Morgan fingerprint density at radius 1 is 1.48 bits per heavy atom. The van der Waals surface area contributed by atoms with E-state index >= 15 is 0 Å². The average Bonchev–Trinajstić information content (AvgIpc) is 2.82. The number of ether oxygens (including phenoxy) is 1. The van der Waals surface area contributed by atoms with Crippen molar-refractivity contribution in [3.63, 3.8) is 0 Å². The molecule has 3 N–H and O–H groups in total. The second kappa shape index (κ2) is 8.25. The molecule has 1 atom stereocenters. The number of carboxylic acids is 1. The number of carbonyl (C=O) groups is 2. The number of anilines is 1. The quantitative estimate of drug-likeness (QED) is 0.667. The lowest BCUT2D eigenvalue weighted by Crippen LogP contribution is -2.43. The van der Waals surface area contributed by atoms with Crippen LogP contribution in [0.1, 0.15) is 20.3 Å². The first-order chi connectivity index (χ1) is 9.92. The highest BCUT2D eigenvalue weighted by molar-refractivity contribution is 5.91. The van der Waals surface area contributed by atoms with Crippen molar-refractivity contribution >= 4 is 17.7 Å². The van der Waals surface area contributed by atoms with Crippen LogP contribution >= 0.6 is 0 Å². The minimum atomic E-state index is -1.05. The summed E-state index contributed by atoms with van der Waals surface area (Å²) in [4.78, 5) is 22.9. The van der Waals surface area contributed by atoms with Gasteiger partial charge in [-0.2, -0.15) is 5.10 Å². The van der Waals surface area contributed by atoms with Gasteiger partial charge < -0.3 is 20.5 Å². The van der Waals surface area contributed by atoms with Crippen LogP contribution in [0.5, 0.6) is 0 Å². The van der Waals surface area contributed by atoms with E-state index in [2.05, 4.69) is 15.7 Å². The molecule has 0 aliphatic heterocycles. The molecule has 0 aliphatic carbocycles. The zero-order chi connectivity index (χ0) is 15.8. The van der Waals surface area contributed by atoms with Crippen LogP contribution in [0.15, 0.2) is 12.4 Å². The summed E-state index contributed by atoms with van der Waals surface area (Å²) in [6.07, 6.45) is 3.51. The van der Waals surface area contributed by atoms with Crippen LogP contribution in [0, 0.1) is 5.92 Å². The third-order valence-electron chi connectivity index (χ3n) is 2.73. The van der Waals surface area contributed by atoms with Gasteiger partial charge in [-0.15, -0.1) is 0 Å². The number of hydrogen-bond donors (Lipinski definition) is 3. The second-order valence-corrected chi connectivity index (χ2v) is 5.10. The molecule has 0 radical (unpaired) electrons. The molecule has 0 spiro atoms. The third kappa shape index (κ3) is 6.26. The monoisotopic (exact) mass is 298 g/mol. The van der Waals surface area contributed by atoms with Crippen molar-refractivity contribution in [1.82, 2.24) is 15.1 Å². The third-order valence-corrected chi connectivity index (χ3v) is 2.73. The number of urea groups is 1. The molecule has 0 saturated heterocycles. The molecule has 0 saturated carbocycles. The Labute approximate surface area is 123 Å². The number of hydrogen-bond acceptors (Lipinski definition) is 4. The smallest absolute Gasteiger partial charge is 0.326 e. The maximum atomic E-state index is 11.8. The van der Waals surface area contributed by atoms with Gasteiger partial charge in [0, 0.05) is 13.3 Å². The van der Waals surface area contributed by atoms with Crippen molar-refractivity contribution in [2.45, 2.75) is 32.9 Å². The number of carbonyl (C=O) groups excluding carboxylic acids is 1. The fourth-order valence-corrected chi connectivity index (χ4v) is 1.75. The summed E-state index contributed by atoms with van der Waals surface area (Å²) in [6, 6.07) is -1.47. The molecule has 1 rings (SSSR count). The van der Waals surface area contributed by atoms with Gasteiger partial charge in [-0.25, -0.2) is 9.59 Å². The van der Waals surface area contributed by atoms with Crippen molar-refractivity contribution in [1.29, 1.82) is 0 Å². The lowest BCUT2D eigenvalue weighted by atomic mass is 10.0. The van der Waals surface area contributed by atoms with Gasteiger partial charge in [-0.3, -0.25) is 4.68 Å². The molecule has 0 aromatic carbocycles. The first-order valence-corrected chi connectivity index (χ1v) is 6.74. The van der Waals surface area contributed by atoms with Crippen LogP contribution in [-0.2, 0) is 16.1 Å². The molecular weight excluding hydrogens is 276 g/mol. The van der Waals surface area contributed by atoms with E-state index in [0.717, 1.165) is 0 Å². The molecule has 0 bridgehead atoms. The second-order valence-electron chi connectivity index (χ2n) is 5.10. The van der Waals surface area contributed by atoms with E-state index in [1.807, 2.05) is 13.8 Å². The van der Waals surface area contributed by atoms with E-state index in [1.165, 1.54) is 6.20 Å². The van der Waals surface area contributed by atoms with Gasteiger partial charge in [-0.1, -0.05) is 13.8 Å². The number of aromatic nitrogens is 2. The van der Waals surface area contributed by atoms with Crippen LogP contribution in [0.2, 0.25) is 0 Å². The van der Waals surface area contributed by atoms with Gasteiger partial charge >= 0.3 is 12.0 Å². The van der Waals surface area contributed by atoms with E-state index in [9.17, 15) is 9.59 Å². The van der Waals surface area contributed by atoms with E-state index < -0.39 is 18.0 Å². The van der Waals surface area contributed by atoms with Gasteiger partial charge in [0.15, 0.2) is 0 Å². The van der Waals surface area contributed by atoms with E-state index in [0.29, 0.717) is 25.3 Å². The van der Waals surface area contributed by atoms with Crippen LogP contribution < -0.4 is 10.6 Å². The van der Waals surface area contributed by atoms with Gasteiger partial charge in [0.1, 0.15) is 6.04 Å². The molecule has 8 nitrogen and oxygen atoms in total. The van der Waals surface area contributed by atoms with Gasteiger partial charge in [0.25, 0.3) is 0 Å². The van der Waals surface area contributed by atoms with Crippen LogP contribution in [0.4, 0.5) is 10.5 Å². The largest absolute Gasteiger partial charge is 0.480 e. The number of aliphatic carboxylic acids is 1. The molecule has 0 fully saturated rings. The minimum Gasteiger partial charge on any atom is -0.480 e. The first-order valence-electron chi connectivity index (χ1n) is 6.74. The Morgan fingerprint density at radius 2 is 2.19 bits per heavy atom. The Hall–Kier alpha value is -2.09. The molecule has 8 heteroatoms. The van der Waals surface area contributed by atoms with E-state index in [1.54, 1.807) is 18.0 Å². The summed E-state index contributed by atoms with van der Waals surface area (Å²) in [5, 5.41) is 18.1. The first kappa shape index (κ1) is 17.0. The highest BCUT2D eigenvalue weighted by Gasteiger charge is 2.21. The van der Waals surface area contributed by atoms with Gasteiger partial charge in [0.05, 0.1) is 25.0 Å². The predicted molar refractivity (Wildman–Crippen MR) is 77.1 cm³/mol. The van der Waals surface area contributed by atoms with E-state index in [4.69, 9.17) is 9.84 Å². The molecule has 1 heterocycles. The molecule has 0 unspecified atom stereocenters. The molecule has 0 aliphatic rings. The molecule has 118 valence electrons. The molecule has 1 aromatic rings. The summed E-state index contributed by atoms with van der Waals surface area (Å²) in [5.41, 5.74) is 0.497. The maximum absolute atomic E-state index is 11.8. The topological polar surface area (TPSA) is 105 Å². The lowest BCUT2D eigenvalue weighted by Gasteiger charge is -2.16. The summed E-state index contributed by atoms with van der Waals surface area (Å²) >= 11 is 0. The molecule has 21 heavy (non-hydrogen) atoms. The van der Waals surface area contributed by atoms with Crippen LogP contribution in [-0.4, -0.2) is 46.6 Å². The van der Waals surface area contributed by atoms with Crippen molar-refractivity contribution in [2.24, 2.45) is 5.92 Å². The number of carboxylic acid groups (broad SMARTS) is 1.